The minimum atomic E-state index is -0.223. The number of likely N-dealkylation sites (tertiary alicyclic amines) is 1. The maximum Gasteiger partial charge on any atom is 0.241 e. The Morgan fingerprint density at radius 2 is 1.84 bits per heavy atom. The maximum absolute atomic E-state index is 13.2. The van der Waals surface area contributed by atoms with Crippen molar-refractivity contribution in [3.05, 3.63) is 66.0 Å². The van der Waals surface area contributed by atoms with E-state index in [2.05, 4.69) is 4.90 Å². The summed E-state index contributed by atoms with van der Waals surface area (Å²) in [5.74, 6) is -0.116. The number of nitrogens with zero attached hydrogens (tertiary/aromatic N) is 2. The molecule has 0 aromatic heterocycles. The fourth-order valence-corrected chi connectivity index (χ4v) is 3.65. The number of carbonyl (C=O) groups is 1. The van der Waals surface area contributed by atoms with E-state index in [1.165, 1.54) is 12.1 Å². The summed E-state index contributed by atoms with van der Waals surface area (Å²) in [6, 6.07) is 16.8. The van der Waals surface area contributed by atoms with Gasteiger partial charge in [-0.15, -0.1) is 0 Å². The van der Waals surface area contributed by atoms with Gasteiger partial charge >= 0.3 is 0 Å². The average Bonchev–Trinajstić information content (AvgIpc) is 3.04. The Kier molecular flexibility index (Phi) is 5.49. The van der Waals surface area contributed by atoms with Crippen LogP contribution in [0, 0.1) is 5.82 Å². The quantitative estimate of drug-likeness (QED) is 0.805. The lowest BCUT2D eigenvalue weighted by atomic mass is 10.0. The molecule has 1 amide bonds. The summed E-state index contributed by atoms with van der Waals surface area (Å²) in [7, 11) is 0. The molecule has 0 spiro atoms. The van der Waals surface area contributed by atoms with Crippen molar-refractivity contribution >= 4 is 11.6 Å². The van der Waals surface area contributed by atoms with Gasteiger partial charge in [0, 0.05) is 17.8 Å². The molecule has 3 nitrogen and oxygen atoms in total. The van der Waals surface area contributed by atoms with Gasteiger partial charge in [-0.25, -0.2) is 4.39 Å². The zero-order valence-electron chi connectivity index (χ0n) is 14.9. The van der Waals surface area contributed by atoms with Crippen molar-refractivity contribution in [2.75, 3.05) is 18.0 Å². The number of benzene rings is 2. The normalized spacial score (nSPS) is 17.8. The summed E-state index contributed by atoms with van der Waals surface area (Å²) in [4.78, 5) is 17.1. The fraction of sp³-hybridized carbons (Fsp3) is 0.381. The third-order valence-corrected chi connectivity index (χ3v) is 4.78. The highest BCUT2D eigenvalue weighted by Crippen LogP contribution is 2.32. The first-order chi connectivity index (χ1) is 12.1. The molecule has 2 aromatic carbocycles. The second kappa shape index (κ2) is 7.79. The molecule has 4 heteroatoms. The van der Waals surface area contributed by atoms with Crippen LogP contribution in [-0.2, 0) is 4.79 Å². The number of hydrogen-bond acceptors (Lipinski definition) is 2. The van der Waals surface area contributed by atoms with E-state index in [1.54, 1.807) is 0 Å². The Labute approximate surface area is 149 Å². The molecule has 0 aliphatic carbocycles. The van der Waals surface area contributed by atoms with Crippen molar-refractivity contribution in [3.63, 3.8) is 0 Å². The van der Waals surface area contributed by atoms with E-state index in [-0.39, 0.29) is 23.8 Å². The van der Waals surface area contributed by atoms with E-state index in [1.807, 2.05) is 61.2 Å². The number of para-hydroxylation sites is 1. The van der Waals surface area contributed by atoms with Crippen molar-refractivity contribution in [1.29, 1.82) is 0 Å². The molecule has 1 saturated heterocycles. The summed E-state index contributed by atoms with van der Waals surface area (Å²) in [5.41, 5.74) is 2.02. The first-order valence-corrected chi connectivity index (χ1v) is 8.93. The topological polar surface area (TPSA) is 23.6 Å². The second-order valence-electron chi connectivity index (χ2n) is 6.87. The number of carbonyl (C=O) groups excluding carboxylic acids is 1. The van der Waals surface area contributed by atoms with Gasteiger partial charge in [-0.1, -0.05) is 30.3 Å². The summed E-state index contributed by atoms with van der Waals surface area (Å²) in [5, 5.41) is 0. The van der Waals surface area contributed by atoms with E-state index in [0.717, 1.165) is 30.6 Å². The van der Waals surface area contributed by atoms with Gasteiger partial charge in [0.05, 0.1) is 6.54 Å². The predicted molar refractivity (Wildman–Crippen MR) is 99.0 cm³/mol. The Balaban J connectivity index is 1.75. The number of rotatable bonds is 5. The smallest absolute Gasteiger partial charge is 0.241 e. The first-order valence-electron chi connectivity index (χ1n) is 8.93. The van der Waals surface area contributed by atoms with Crippen LogP contribution in [0.5, 0.6) is 0 Å². The number of anilines is 1. The van der Waals surface area contributed by atoms with Crippen molar-refractivity contribution in [3.8, 4) is 0 Å². The zero-order chi connectivity index (χ0) is 17.8. The predicted octanol–water partition coefficient (Wildman–Crippen LogP) is 4.40. The van der Waals surface area contributed by atoms with Crippen LogP contribution < -0.4 is 4.90 Å². The maximum atomic E-state index is 13.2. The highest BCUT2D eigenvalue weighted by molar-refractivity contribution is 5.95. The molecule has 0 bridgehead atoms. The van der Waals surface area contributed by atoms with Crippen molar-refractivity contribution in [1.82, 2.24) is 4.90 Å². The van der Waals surface area contributed by atoms with Crippen LogP contribution in [0.1, 0.15) is 38.3 Å². The molecule has 0 saturated carbocycles. The Morgan fingerprint density at radius 1 is 1.16 bits per heavy atom. The standard InChI is InChI=1S/C21H25FN2O/c1-16(2)24(19-7-4-3-5-8-19)21(25)15-23-14-6-9-20(23)17-10-12-18(22)13-11-17/h3-5,7-8,10-13,16,20H,6,9,14-15H2,1-2H3/t20-/m1/s1. The molecule has 1 aliphatic rings. The monoisotopic (exact) mass is 340 g/mol. The highest BCUT2D eigenvalue weighted by atomic mass is 19.1. The van der Waals surface area contributed by atoms with Gasteiger partial charge in [-0.3, -0.25) is 9.69 Å². The molecule has 0 N–H and O–H groups in total. The first kappa shape index (κ1) is 17.6. The Hall–Kier alpha value is -2.20. The average molecular weight is 340 g/mol. The van der Waals surface area contributed by atoms with Gasteiger partial charge in [0.15, 0.2) is 0 Å². The third-order valence-electron chi connectivity index (χ3n) is 4.78. The van der Waals surface area contributed by atoms with Crippen LogP contribution in [0.15, 0.2) is 54.6 Å². The molecule has 0 radical (unpaired) electrons. The van der Waals surface area contributed by atoms with Gasteiger partial charge < -0.3 is 4.90 Å². The van der Waals surface area contributed by atoms with E-state index in [9.17, 15) is 9.18 Å². The lowest BCUT2D eigenvalue weighted by Crippen LogP contribution is -2.43. The van der Waals surface area contributed by atoms with Crippen LogP contribution in [0.25, 0.3) is 0 Å². The molecule has 1 aliphatic heterocycles. The summed E-state index contributed by atoms with van der Waals surface area (Å²) in [6.45, 7) is 5.35. The van der Waals surface area contributed by atoms with Gasteiger partial charge in [-0.2, -0.15) is 0 Å². The molecule has 2 aromatic rings. The second-order valence-corrected chi connectivity index (χ2v) is 6.87. The Morgan fingerprint density at radius 3 is 2.48 bits per heavy atom. The van der Waals surface area contributed by atoms with Crippen LogP contribution in [-0.4, -0.2) is 29.9 Å². The minimum Gasteiger partial charge on any atom is -0.309 e. The zero-order valence-corrected chi connectivity index (χ0v) is 14.9. The molecule has 1 fully saturated rings. The van der Waals surface area contributed by atoms with E-state index >= 15 is 0 Å². The van der Waals surface area contributed by atoms with Crippen LogP contribution in [0.4, 0.5) is 10.1 Å². The summed E-state index contributed by atoms with van der Waals surface area (Å²) in [6.07, 6.45) is 2.06. The van der Waals surface area contributed by atoms with Gasteiger partial charge in [0.2, 0.25) is 5.91 Å². The van der Waals surface area contributed by atoms with E-state index < -0.39 is 0 Å². The largest absolute Gasteiger partial charge is 0.309 e. The fourth-order valence-electron chi connectivity index (χ4n) is 3.65. The summed E-state index contributed by atoms with van der Waals surface area (Å²) < 4.78 is 13.2. The van der Waals surface area contributed by atoms with Gasteiger partial charge in [0.25, 0.3) is 0 Å². The highest BCUT2D eigenvalue weighted by Gasteiger charge is 2.30. The SMILES string of the molecule is CC(C)N(C(=O)CN1CCC[C@@H]1c1ccc(F)cc1)c1ccccc1. The van der Waals surface area contributed by atoms with Gasteiger partial charge in [0.1, 0.15) is 5.82 Å². The van der Waals surface area contributed by atoms with E-state index in [0.29, 0.717) is 6.54 Å². The molecule has 25 heavy (non-hydrogen) atoms. The number of halogens is 1. The molecular weight excluding hydrogens is 315 g/mol. The molecule has 132 valence electrons. The molecule has 1 atom stereocenters. The molecule has 3 rings (SSSR count). The minimum absolute atomic E-state index is 0.0989. The molecule has 1 heterocycles. The van der Waals surface area contributed by atoms with Gasteiger partial charge in [-0.05, 0) is 63.1 Å². The number of hydrogen-bond donors (Lipinski definition) is 0. The van der Waals surface area contributed by atoms with Crippen molar-refractivity contribution in [2.45, 2.75) is 38.8 Å². The molecule has 0 unspecified atom stereocenters. The lowest BCUT2D eigenvalue weighted by molar-refractivity contribution is -0.120. The lowest BCUT2D eigenvalue weighted by Gasteiger charge is -2.31. The van der Waals surface area contributed by atoms with E-state index in [4.69, 9.17) is 0 Å². The summed E-state index contributed by atoms with van der Waals surface area (Å²) >= 11 is 0. The number of amides is 1. The van der Waals surface area contributed by atoms with Crippen LogP contribution >= 0.6 is 0 Å². The molecular formula is C21H25FN2O. The van der Waals surface area contributed by atoms with Crippen LogP contribution in [0.3, 0.4) is 0 Å². The Bertz CT molecular complexity index is 700. The third kappa shape index (κ3) is 4.07. The van der Waals surface area contributed by atoms with Crippen molar-refractivity contribution in [2.24, 2.45) is 0 Å². The van der Waals surface area contributed by atoms with Crippen molar-refractivity contribution < 1.29 is 9.18 Å². The van der Waals surface area contributed by atoms with Crippen LogP contribution in [0.2, 0.25) is 0 Å².